The average molecular weight is 388 g/mol. The molecule has 6 nitrogen and oxygen atoms in total. The molecular formula is C17H23Cl2N3O3. The van der Waals surface area contributed by atoms with E-state index >= 15 is 0 Å². The van der Waals surface area contributed by atoms with Crippen molar-refractivity contribution in [2.45, 2.75) is 25.3 Å². The van der Waals surface area contributed by atoms with Crippen molar-refractivity contribution in [1.29, 1.82) is 0 Å². The predicted octanol–water partition coefficient (Wildman–Crippen LogP) is 1.99. The number of amides is 2. The number of methoxy groups -OCH3 is 1. The quantitative estimate of drug-likeness (QED) is 0.828. The summed E-state index contributed by atoms with van der Waals surface area (Å²) in [7, 11) is 1.55. The van der Waals surface area contributed by atoms with Crippen molar-refractivity contribution in [2.24, 2.45) is 5.92 Å². The summed E-state index contributed by atoms with van der Waals surface area (Å²) in [6.07, 6.45) is 2.07. The summed E-state index contributed by atoms with van der Waals surface area (Å²) in [5, 5.41) is 6.88. The van der Waals surface area contributed by atoms with Crippen LogP contribution in [0.25, 0.3) is 0 Å². The molecule has 0 saturated carbocycles. The molecule has 0 aliphatic carbocycles. The lowest BCUT2D eigenvalue weighted by Crippen LogP contribution is -2.45. The second-order valence-electron chi connectivity index (χ2n) is 6.25. The maximum atomic E-state index is 12.5. The Bertz CT molecular complexity index is 636. The van der Waals surface area contributed by atoms with Gasteiger partial charge in [-0.25, -0.2) is 0 Å². The molecule has 2 heterocycles. The SMILES string of the molecule is COc1ccc(Cl)cc1N1CC(C(=O)NC2CCNCC2)CC1=O.Cl. The molecule has 0 aromatic heterocycles. The van der Waals surface area contributed by atoms with Gasteiger partial charge in [-0.3, -0.25) is 9.59 Å². The molecule has 138 valence electrons. The molecule has 0 radical (unpaired) electrons. The minimum Gasteiger partial charge on any atom is -0.495 e. The van der Waals surface area contributed by atoms with Gasteiger partial charge >= 0.3 is 0 Å². The highest BCUT2D eigenvalue weighted by Crippen LogP contribution is 2.35. The van der Waals surface area contributed by atoms with Crippen LogP contribution in [-0.4, -0.2) is 44.6 Å². The van der Waals surface area contributed by atoms with Crippen molar-refractivity contribution in [3.63, 3.8) is 0 Å². The average Bonchev–Trinajstić information content (AvgIpc) is 2.97. The van der Waals surface area contributed by atoms with Crippen molar-refractivity contribution >= 4 is 41.5 Å². The van der Waals surface area contributed by atoms with Gasteiger partial charge in [-0.15, -0.1) is 12.4 Å². The number of carbonyl (C=O) groups excluding carboxylic acids is 2. The molecule has 1 atom stereocenters. The van der Waals surface area contributed by atoms with E-state index in [2.05, 4.69) is 10.6 Å². The molecule has 1 aromatic carbocycles. The second-order valence-corrected chi connectivity index (χ2v) is 6.69. The molecule has 0 bridgehead atoms. The van der Waals surface area contributed by atoms with Gasteiger partial charge in [-0.05, 0) is 44.1 Å². The molecule has 2 N–H and O–H groups in total. The van der Waals surface area contributed by atoms with Gasteiger partial charge in [-0.1, -0.05) is 11.6 Å². The minimum absolute atomic E-state index is 0. The van der Waals surface area contributed by atoms with Crippen molar-refractivity contribution in [2.75, 3.05) is 31.6 Å². The number of anilines is 1. The van der Waals surface area contributed by atoms with Gasteiger partial charge in [0.2, 0.25) is 11.8 Å². The Balaban J connectivity index is 0.00000225. The molecule has 1 aromatic rings. The number of halogens is 2. The van der Waals surface area contributed by atoms with Crippen LogP contribution in [0, 0.1) is 5.92 Å². The number of carbonyl (C=O) groups is 2. The fourth-order valence-corrected chi connectivity index (χ4v) is 3.44. The predicted molar refractivity (Wildman–Crippen MR) is 99.7 cm³/mol. The van der Waals surface area contributed by atoms with E-state index < -0.39 is 0 Å². The van der Waals surface area contributed by atoms with Crippen molar-refractivity contribution in [3.8, 4) is 5.75 Å². The van der Waals surface area contributed by atoms with Crippen molar-refractivity contribution in [3.05, 3.63) is 23.2 Å². The number of hydrogen-bond donors (Lipinski definition) is 2. The highest BCUT2D eigenvalue weighted by Gasteiger charge is 2.37. The van der Waals surface area contributed by atoms with E-state index in [4.69, 9.17) is 16.3 Å². The van der Waals surface area contributed by atoms with Gasteiger partial charge in [0.1, 0.15) is 5.75 Å². The molecule has 2 aliphatic heterocycles. The molecular weight excluding hydrogens is 365 g/mol. The van der Waals surface area contributed by atoms with Crippen molar-refractivity contribution in [1.82, 2.24) is 10.6 Å². The third-order valence-corrected chi connectivity index (χ3v) is 4.85. The minimum atomic E-state index is -0.337. The van der Waals surface area contributed by atoms with Gasteiger partial charge in [0.05, 0.1) is 18.7 Å². The number of ether oxygens (including phenoxy) is 1. The number of hydrogen-bond acceptors (Lipinski definition) is 4. The molecule has 8 heteroatoms. The Morgan fingerprint density at radius 1 is 1.36 bits per heavy atom. The standard InChI is InChI=1S/C17H22ClN3O3.ClH/c1-24-15-3-2-12(18)9-14(15)21-10-11(8-16(21)22)17(23)20-13-4-6-19-7-5-13;/h2-3,9,11,13,19H,4-8,10H2,1H3,(H,20,23);1H. The smallest absolute Gasteiger partial charge is 0.227 e. The topological polar surface area (TPSA) is 70.7 Å². The Kier molecular flexibility index (Phi) is 6.93. The maximum Gasteiger partial charge on any atom is 0.227 e. The normalized spacial score (nSPS) is 21.0. The van der Waals surface area contributed by atoms with E-state index in [0.717, 1.165) is 25.9 Å². The monoisotopic (exact) mass is 387 g/mol. The zero-order valence-electron chi connectivity index (χ0n) is 14.1. The first-order valence-corrected chi connectivity index (χ1v) is 8.61. The van der Waals surface area contributed by atoms with E-state index in [0.29, 0.717) is 23.0 Å². The van der Waals surface area contributed by atoms with E-state index in [1.165, 1.54) is 0 Å². The molecule has 0 spiro atoms. The van der Waals surface area contributed by atoms with Gasteiger partial charge in [0.25, 0.3) is 0 Å². The third kappa shape index (κ3) is 4.57. The Morgan fingerprint density at radius 2 is 2.08 bits per heavy atom. The molecule has 25 heavy (non-hydrogen) atoms. The van der Waals surface area contributed by atoms with Crippen LogP contribution in [-0.2, 0) is 9.59 Å². The fourth-order valence-electron chi connectivity index (χ4n) is 3.28. The first kappa shape index (κ1) is 19.8. The zero-order chi connectivity index (χ0) is 17.1. The van der Waals surface area contributed by atoms with Crippen LogP contribution in [0.15, 0.2) is 18.2 Å². The lowest BCUT2D eigenvalue weighted by atomic mass is 10.0. The Morgan fingerprint density at radius 3 is 2.76 bits per heavy atom. The number of rotatable bonds is 4. The highest BCUT2D eigenvalue weighted by molar-refractivity contribution is 6.31. The summed E-state index contributed by atoms with van der Waals surface area (Å²) >= 11 is 6.05. The van der Waals surface area contributed by atoms with Crippen LogP contribution < -0.4 is 20.3 Å². The molecule has 2 amide bonds. The second kappa shape index (κ2) is 8.74. The maximum absolute atomic E-state index is 12.5. The molecule has 2 saturated heterocycles. The van der Waals surface area contributed by atoms with Crippen LogP contribution in [0.5, 0.6) is 5.75 Å². The van der Waals surface area contributed by atoms with Crippen LogP contribution in [0.4, 0.5) is 5.69 Å². The Hall–Kier alpha value is -1.50. The molecule has 2 aliphatic rings. The highest BCUT2D eigenvalue weighted by atomic mass is 35.5. The van der Waals surface area contributed by atoms with Gasteiger partial charge in [-0.2, -0.15) is 0 Å². The zero-order valence-corrected chi connectivity index (χ0v) is 15.7. The van der Waals surface area contributed by atoms with Crippen LogP contribution >= 0.6 is 24.0 Å². The van der Waals surface area contributed by atoms with E-state index in [-0.39, 0.29) is 42.6 Å². The first-order valence-electron chi connectivity index (χ1n) is 8.23. The van der Waals surface area contributed by atoms with Crippen molar-refractivity contribution < 1.29 is 14.3 Å². The van der Waals surface area contributed by atoms with E-state index in [1.54, 1.807) is 30.2 Å². The molecule has 2 fully saturated rings. The summed E-state index contributed by atoms with van der Waals surface area (Å²) in [5.74, 6) is 0.114. The molecule has 1 unspecified atom stereocenters. The fraction of sp³-hybridized carbons (Fsp3) is 0.529. The summed E-state index contributed by atoms with van der Waals surface area (Å²) < 4.78 is 5.32. The lowest BCUT2D eigenvalue weighted by Gasteiger charge is -2.25. The first-order chi connectivity index (χ1) is 11.6. The number of nitrogens with one attached hydrogen (secondary N) is 2. The molecule has 3 rings (SSSR count). The van der Waals surface area contributed by atoms with Gasteiger partial charge in [0, 0.05) is 24.0 Å². The van der Waals surface area contributed by atoms with Gasteiger partial charge in [0.15, 0.2) is 0 Å². The van der Waals surface area contributed by atoms with Gasteiger partial charge < -0.3 is 20.3 Å². The summed E-state index contributed by atoms with van der Waals surface area (Å²) in [6, 6.07) is 5.34. The lowest BCUT2D eigenvalue weighted by molar-refractivity contribution is -0.127. The van der Waals surface area contributed by atoms with E-state index in [9.17, 15) is 9.59 Å². The number of piperidine rings is 1. The summed E-state index contributed by atoms with van der Waals surface area (Å²) in [5.41, 5.74) is 0.618. The Labute approximate surface area is 158 Å². The number of nitrogens with zero attached hydrogens (tertiary/aromatic N) is 1. The largest absolute Gasteiger partial charge is 0.495 e. The van der Waals surface area contributed by atoms with Crippen LogP contribution in [0.3, 0.4) is 0 Å². The number of benzene rings is 1. The van der Waals surface area contributed by atoms with Crippen LogP contribution in [0.1, 0.15) is 19.3 Å². The summed E-state index contributed by atoms with van der Waals surface area (Å²) in [6.45, 7) is 2.19. The van der Waals surface area contributed by atoms with E-state index in [1.807, 2.05) is 0 Å². The summed E-state index contributed by atoms with van der Waals surface area (Å²) in [4.78, 5) is 26.5. The van der Waals surface area contributed by atoms with Crippen LogP contribution in [0.2, 0.25) is 5.02 Å². The third-order valence-electron chi connectivity index (χ3n) is 4.61.